The molecule has 0 amide bonds. The van der Waals surface area contributed by atoms with Crippen molar-refractivity contribution in [3.63, 3.8) is 0 Å². The molecule has 1 N–H and O–H groups in total. The average molecular weight is 388 g/mol. The standard InChI is InChI=1S/C23H20N2O4/c1-28-20(23(26)27)14-15-6-8-16(9-7-15)29-13-10-19-21-17(4-2-11-24-21)18-5-3-12-25-22(18)19/h2-12,20H,13-14H2,1H3,(H,26,27). The van der Waals surface area contributed by atoms with Crippen LogP contribution in [0.4, 0.5) is 0 Å². The van der Waals surface area contributed by atoms with Gasteiger partial charge in [0.25, 0.3) is 0 Å². The Morgan fingerprint density at radius 1 is 1.03 bits per heavy atom. The van der Waals surface area contributed by atoms with Gasteiger partial charge in [0.1, 0.15) is 12.4 Å². The highest BCUT2D eigenvalue weighted by Crippen LogP contribution is 2.41. The number of nitrogens with zero attached hydrogens (tertiary/aromatic N) is 2. The molecule has 0 saturated carbocycles. The van der Waals surface area contributed by atoms with E-state index >= 15 is 0 Å². The second-order valence-electron chi connectivity index (χ2n) is 6.64. The fraction of sp³-hybridized carbons (Fsp3) is 0.174. The van der Waals surface area contributed by atoms with Gasteiger partial charge >= 0.3 is 5.97 Å². The topological polar surface area (TPSA) is 81.5 Å². The Morgan fingerprint density at radius 2 is 1.66 bits per heavy atom. The van der Waals surface area contributed by atoms with Crippen LogP contribution in [0.1, 0.15) is 17.0 Å². The molecular weight excluding hydrogens is 368 g/mol. The van der Waals surface area contributed by atoms with Gasteiger partial charge in [-0.1, -0.05) is 24.3 Å². The van der Waals surface area contributed by atoms with Crippen molar-refractivity contribution in [1.82, 2.24) is 9.97 Å². The lowest BCUT2D eigenvalue weighted by atomic mass is 10.1. The summed E-state index contributed by atoms with van der Waals surface area (Å²) in [6.07, 6.45) is 5.00. The third-order valence-corrected chi connectivity index (χ3v) is 4.86. The molecule has 1 unspecified atom stereocenters. The zero-order chi connectivity index (χ0) is 20.2. The fourth-order valence-corrected chi connectivity index (χ4v) is 3.41. The largest absolute Gasteiger partial charge is 0.490 e. The van der Waals surface area contributed by atoms with Crippen LogP contribution in [0.5, 0.6) is 5.75 Å². The summed E-state index contributed by atoms with van der Waals surface area (Å²) in [6.45, 7) is 0.372. The highest BCUT2D eigenvalue weighted by molar-refractivity contribution is 5.98. The van der Waals surface area contributed by atoms with Gasteiger partial charge in [-0.2, -0.15) is 0 Å². The number of aliphatic carboxylic acids is 1. The molecule has 2 aromatic heterocycles. The molecule has 2 heterocycles. The number of pyridine rings is 2. The molecule has 4 rings (SSSR count). The Kier molecular flexibility index (Phi) is 5.35. The SMILES string of the molecule is COC(Cc1ccc(OCC=C2c3ncccc3-c3cccnc32)cc1)C(=O)O. The molecule has 6 nitrogen and oxygen atoms in total. The number of rotatable bonds is 7. The van der Waals surface area contributed by atoms with Crippen molar-refractivity contribution in [3.8, 4) is 16.9 Å². The number of hydrogen-bond donors (Lipinski definition) is 1. The van der Waals surface area contributed by atoms with Gasteiger partial charge in [0.2, 0.25) is 0 Å². The first-order valence-corrected chi connectivity index (χ1v) is 9.26. The van der Waals surface area contributed by atoms with Gasteiger partial charge in [-0.15, -0.1) is 0 Å². The number of benzene rings is 1. The first-order chi connectivity index (χ1) is 14.2. The Bertz CT molecular complexity index is 1010. The minimum Gasteiger partial charge on any atom is -0.490 e. The van der Waals surface area contributed by atoms with Crippen molar-refractivity contribution in [2.45, 2.75) is 12.5 Å². The number of hydrogen-bond acceptors (Lipinski definition) is 5. The molecule has 1 aliphatic rings. The summed E-state index contributed by atoms with van der Waals surface area (Å²) in [7, 11) is 1.40. The Hall–Kier alpha value is -3.51. The van der Waals surface area contributed by atoms with Gasteiger partial charge < -0.3 is 14.6 Å². The molecule has 3 aromatic rings. The number of carbonyl (C=O) groups is 1. The molecule has 0 bridgehead atoms. The summed E-state index contributed by atoms with van der Waals surface area (Å²) in [5.41, 5.74) is 5.84. The predicted molar refractivity (Wildman–Crippen MR) is 109 cm³/mol. The second kappa shape index (κ2) is 8.24. The molecule has 0 fully saturated rings. The van der Waals surface area contributed by atoms with Crippen LogP contribution in [0.15, 0.2) is 67.0 Å². The predicted octanol–water partition coefficient (Wildman–Crippen LogP) is 3.61. The van der Waals surface area contributed by atoms with Gasteiger partial charge in [-0.05, 0) is 35.9 Å². The van der Waals surface area contributed by atoms with E-state index in [-0.39, 0.29) is 0 Å². The number of fused-ring (bicyclic) bond motifs is 3. The molecule has 29 heavy (non-hydrogen) atoms. The Morgan fingerprint density at radius 3 is 2.21 bits per heavy atom. The molecule has 0 radical (unpaired) electrons. The zero-order valence-corrected chi connectivity index (χ0v) is 15.9. The van der Waals surface area contributed by atoms with E-state index in [1.165, 1.54) is 7.11 Å². The van der Waals surface area contributed by atoms with Crippen molar-refractivity contribution in [1.29, 1.82) is 0 Å². The van der Waals surface area contributed by atoms with E-state index in [9.17, 15) is 4.79 Å². The molecule has 0 aliphatic heterocycles. The van der Waals surface area contributed by atoms with E-state index in [0.717, 1.165) is 33.7 Å². The maximum absolute atomic E-state index is 11.1. The summed E-state index contributed by atoms with van der Waals surface area (Å²) < 4.78 is 10.8. The molecule has 0 spiro atoms. The maximum Gasteiger partial charge on any atom is 0.333 e. The highest BCUT2D eigenvalue weighted by atomic mass is 16.5. The quantitative estimate of drug-likeness (QED) is 0.521. The maximum atomic E-state index is 11.1. The summed E-state index contributed by atoms with van der Waals surface area (Å²) in [5, 5.41) is 9.08. The third-order valence-electron chi connectivity index (χ3n) is 4.86. The van der Waals surface area contributed by atoms with Crippen molar-refractivity contribution < 1.29 is 19.4 Å². The summed E-state index contributed by atoms with van der Waals surface area (Å²) >= 11 is 0. The smallest absolute Gasteiger partial charge is 0.333 e. The Labute approximate surface area is 168 Å². The highest BCUT2D eigenvalue weighted by Gasteiger charge is 2.25. The fourth-order valence-electron chi connectivity index (χ4n) is 3.41. The van der Waals surface area contributed by atoms with Crippen LogP contribution in [0.2, 0.25) is 0 Å². The van der Waals surface area contributed by atoms with Crippen LogP contribution in [-0.4, -0.2) is 40.9 Å². The number of ether oxygens (including phenoxy) is 2. The number of methoxy groups -OCH3 is 1. The minimum absolute atomic E-state index is 0.307. The minimum atomic E-state index is -0.973. The average Bonchev–Trinajstić information content (AvgIpc) is 3.07. The zero-order valence-electron chi connectivity index (χ0n) is 15.9. The molecule has 0 saturated heterocycles. The Balaban J connectivity index is 1.46. The summed E-state index contributed by atoms with van der Waals surface area (Å²) in [6, 6.07) is 15.3. The van der Waals surface area contributed by atoms with Crippen LogP contribution in [0.25, 0.3) is 16.7 Å². The van der Waals surface area contributed by atoms with Gasteiger partial charge in [0.15, 0.2) is 6.10 Å². The van der Waals surface area contributed by atoms with E-state index in [1.807, 2.05) is 54.6 Å². The van der Waals surface area contributed by atoms with E-state index in [0.29, 0.717) is 18.8 Å². The third kappa shape index (κ3) is 3.88. The van der Waals surface area contributed by atoms with Crippen LogP contribution in [0.3, 0.4) is 0 Å². The van der Waals surface area contributed by atoms with E-state index in [4.69, 9.17) is 14.6 Å². The molecule has 1 aromatic carbocycles. The monoisotopic (exact) mass is 388 g/mol. The summed E-state index contributed by atoms with van der Waals surface area (Å²) in [4.78, 5) is 20.1. The van der Waals surface area contributed by atoms with Crippen LogP contribution in [0, 0.1) is 0 Å². The second-order valence-corrected chi connectivity index (χ2v) is 6.64. The summed E-state index contributed by atoms with van der Waals surface area (Å²) in [5.74, 6) is -0.269. The van der Waals surface area contributed by atoms with Crippen LogP contribution in [-0.2, 0) is 16.0 Å². The molecular formula is C23H20N2O4. The van der Waals surface area contributed by atoms with Crippen molar-refractivity contribution in [3.05, 3.63) is 84.0 Å². The molecule has 146 valence electrons. The molecule has 6 heteroatoms. The van der Waals surface area contributed by atoms with E-state index in [2.05, 4.69) is 9.97 Å². The first-order valence-electron chi connectivity index (χ1n) is 9.26. The molecule has 1 aliphatic carbocycles. The lowest BCUT2D eigenvalue weighted by Crippen LogP contribution is -2.24. The van der Waals surface area contributed by atoms with Crippen molar-refractivity contribution >= 4 is 11.5 Å². The van der Waals surface area contributed by atoms with Gasteiger partial charge in [-0.25, -0.2) is 4.79 Å². The van der Waals surface area contributed by atoms with Crippen LogP contribution < -0.4 is 4.74 Å². The lowest BCUT2D eigenvalue weighted by Gasteiger charge is -2.11. The molecule has 1 atom stereocenters. The van der Waals surface area contributed by atoms with E-state index in [1.54, 1.807) is 12.4 Å². The van der Waals surface area contributed by atoms with E-state index < -0.39 is 12.1 Å². The normalized spacial score (nSPS) is 12.8. The number of aromatic nitrogens is 2. The van der Waals surface area contributed by atoms with Gasteiger partial charge in [0.05, 0.1) is 11.4 Å². The van der Waals surface area contributed by atoms with Crippen molar-refractivity contribution in [2.24, 2.45) is 0 Å². The lowest BCUT2D eigenvalue weighted by molar-refractivity contribution is -0.148. The number of carboxylic acid groups (broad SMARTS) is 1. The van der Waals surface area contributed by atoms with Gasteiger partial charge in [-0.3, -0.25) is 9.97 Å². The van der Waals surface area contributed by atoms with Gasteiger partial charge in [0, 0.05) is 42.6 Å². The number of carboxylic acids is 1. The van der Waals surface area contributed by atoms with Crippen molar-refractivity contribution in [2.75, 3.05) is 13.7 Å². The first kappa shape index (κ1) is 18.8. The van der Waals surface area contributed by atoms with Crippen LogP contribution >= 0.6 is 0 Å².